The number of rotatable bonds is 0. The fraction of sp³-hybridized carbons (Fsp3) is 1.00. The maximum atomic E-state index is 12.7. The Bertz CT molecular complexity index is 233. The summed E-state index contributed by atoms with van der Waals surface area (Å²) in [6.45, 7) is 1.61. The summed E-state index contributed by atoms with van der Waals surface area (Å²) in [5.74, 6) is -1.28. The van der Waals surface area contributed by atoms with Crippen LogP contribution in [-0.4, -0.2) is 25.3 Å². The van der Waals surface area contributed by atoms with Gasteiger partial charge < -0.3 is 11.1 Å². The molecular weight excluding hydrogens is 205 g/mol. The molecule has 2 atom stereocenters. The Labute approximate surface area is 87.4 Å². The zero-order chi connectivity index (χ0) is 11.1. The van der Waals surface area contributed by atoms with Crippen molar-refractivity contribution in [2.75, 3.05) is 13.1 Å². The molecule has 0 aromatic carbocycles. The third kappa shape index (κ3) is 1.87. The number of halogens is 3. The van der Waals surface area contributed by atoms with Gasteiger partial charge in [0, 0.05) is 6.04 Å². The molecule has 2 nitrogen and oxygen atoms in total. The van der Waals surface area contributed by atoms with E-state index in [0.717, 1.165) is 25.9 Å². The van der Waals surface area contributed by atoms with Gasteiger partial charge in [-0.3, -0.25) is 0 Å². The molecule has 1 aliphatic carbocycles. The van der Waals surface area contributed by atoms with Crippen molar-refractivity contribution in [2.24, 2.45) is 17.1 Å². The van der Waals surface area contributed by atoms with Gasteiger partial charge in [0.1, 0.15) is 0 Å². The van der Waals surface area contributed by atoms with Crippen LogP contribution in [-0.2, 0) is 0 Å². The predicted molar refractivity (Wildman–Crippen MR) is 51.3 cm³/mol. The van der Waals surface area contributed by atoms with Crippen molar-refractivity contribution in [1.29, 1.82) is 0 Å². The van der Waals surface area contributed by atoms with Crippen molar-refractivity contribution in [2.45, 2.75) is 37.9 Å². The van der Waals surface area contributed by atoms with Crippen LogP contribution in [0.15, 0.2) is 0 Å². The minimum absolute atomic E-state index is 0.213. The first-order chi connectivity index (χ1) is 6.96. The molecule has 0 aromatic rings. The van der Waals surface area contributed by atoms with E-state index in [1.807, 2.05) is 0 Å². The van der Waals surface area contributed by atoms with Crippen molar-refractivity contribution in [1.82, 2.24) is 5.32 Å². The average molecular weight is 222 g/mol. The quantitative estimate of drug-likeness (QED) is 0.654. The minimum atomic E-state index is -4.12. The van der Waals surface area contributed by atoms with Crippen molar-refractivity contribution in [3.8, 4) is 0 Å². The third-order valence-corrected chi connectivity index (χ3v) is 4.11. The highest BCUT2D eigenvalue weighted by Crippen LogP contribution is 2.51. The standard InChI is InChI=1S/C10H17F3N2/c11-10(12,13)7-1-2-9(8(7)14)3-5-15-6-4-9/h7-8,15H,1-6,14H2. The van der Waals surface area contributed by atoms with Crippen LogP contribution in [0.4, 0.5) is 13.2 Å². The second-order valence-electron chi connectivity index (χ2n) is 4.82. The molecule has 15 heavy (non-hydrogen) atoms. The van der Waals surface area contributed by atoms with Crippen LogP contribution in [0.2, 0.25) is 0 Å². The number of piperidine rings is 1. The summed E-state index contributed by atoms with van der Waals surface area (Å²) in [4.78, 5) is 0. The van der Waals surface area contributed by atoms with E-state index in [0.29, 0.717) is 6.42 Å². The van der Waals surface area contributed by atoms with Gasteiger partial charge in [-0.1, -0.05) is 0 Å². The predicted octanol–water partition coefficient (Wildman–Crippen LogP) is 1.66. The van der Waals surface area contributed by atoms with Crippen LogP contribution >= 0.6 is 0 Å². The highest BCUT2D eigenvalue weighted by molar-refractivity contribution is 5.03. The molecule has 2 unspecified atom stereocenters. The minimum Gasteiger partial charge on any atom is -0.327 e. The third-order valence-electron chi connectivity index (χ3n) is 4.11. The van der Waals surface area contributed by atoms with Gasteiger partial charge in [-0.15, -0.1) is 0 Å². The largest absolute Gasteiger partial charge is 0.393 e. The first-order valence-corrected chi connectivity index (χ1v) is 5.49. The molecule has 0 bridgehead atoms. The Morgan fingerprint density at radius 2 is 1.73 bits per heavy atom. The van der Waals surface area contributed by atoms with Crippen LogP contribution in [0.3, 0.4) is 0 Å². The second-order valence-corrected chi connectivity index (χ2v) is 4.82. The van der Waals surface area contributed by atoms with Crippen molar-refractivity contribution < 1.29 is 13.2 Å². The maximum Gasteiger partial charge on any atom is 0.393 e. The van der Waals surface area contributed by atoms with E-state index in [4.69, 9.17) is 5.73 Å². The van der Waals surface area contributed by atoms with E-state index in [-0.39, 0.29) is 11.8 Å². The molecule has 1 heterocycles. The smallest absolute Gasteiger partial charge is 0.327 e. The highest BCUT2D eigenvalue weighted by atomic mass is 19.4. The summed E-state index contributed by atoms with van der Waals surface area (Å²) in [6, 6.07) is -0.695. The number of hydrogen-bond acceptors (Lipinski definition) is 2. The van der Waals surface area contributed by atoms with E-state index in [9.17, 15) is 13.2 Å². The Balaban J connectivity index is 2.12. The molecule has 0 aromatic heterocycles. The number of nitrogens with one attached hydrogen (secondary N) is 1. The van der Waals surface area contributed by atoms with E-state index < -0.39 is 18.1 Å². The van der Waals surface area contributed by atoms with E-state index >= 15 is 0 Å². The topological polar surface area (TPSA) is 38.0 Å². The molecule has 88 valence electrons. The lowest BCUT2D eigenvalue weighted by atomic mass is 9.73. The zero-order valence-electron chi connectivity index (χ0n) is 8.61. The summed E-state index contributed by atoms with van der Waals surface area (Å²) < 4.78 is 38.0. The van der Waals surface area contributed by atoms with Gasteiger partial charge in [-0.25, -0.2) is 0 Å². The van der Waals surface area contributed by atoms with E-state index in [2.05, 4.69) is 5.32 Å². The first kappa shape index (κ1) is 11.2. The normalized spacial score (nSPS) is 36.0. The van der Waals surface area contributed by atoms with Crippen LogP contribution in [0, 0.1) is 11.3 Å². The summed E-state index contributed by atoms with van der Waals surface area (Å²) in [5, 5.41) is 3.17. The summed E-state index contributed by atoms with van der Waals surface area (Å²) in [7, 11) is 0. The van der Waals surface area contributed by atoms with E-state index in [1.165, 1.54) is 0 Å². The van der Waals surface area contributed by atoms with Crippen LogP contribution in [0.1, 0.15) is 25.7 Å². The molecule has 3 N–H and O–H groups in total. The van der Waals surface area contributed by atoms with Gasteiger partial charge in [-0.2, -0.15) is 13.2 Å². The average Bonchev–Trinajstić information content (AvgIpc) is 2.45. The van der Waals surface area contributed by atoms with Gasteiger partial charge in [0.15, 0.2) is 0 Å². The monoisotopic (exact) mass is 222 g/mol. The van der Waals surface area contributed by atoms with Crippen LogP contribution in [0.5, 0.6) is 0 Å². The lowest BCUT2D eigenvalue weighted by Crippen LogP contribution is -2.50. The SMILES string of the molecule is NC1C(C(F)(F)F)CCC12CCNCC2. The summed E-state index contributed by atoms with van der Waals surface area (Å²) in [6.07, 6.45) is -1.68. The van der Waals surface area contributed by atoms with Crippen LogP contribution in [0.25, 0.3) is 0 Å². The van der Waals surface area contributed by atoms with Crippen molar-refractivity contribution in [3.63, 3.8) is 0 Å². The molecule has 5 heteroatoms. The molecule has 2 rings (SSSR count). The first-order valence-electron chi connectivity index (χ1n) is 5.49. The molecule has 1 saturated heterocycles. The fourth-order valence-corrected chi connectivity index (χ4v) is 3.09. The van der Waals surface area contributed by atoms with Crippen molar-refractivity contribution in [3.05, 3.63) is 0 Å². The molecule has 2 fully saturated rings. The molecular formula is C10H17F3N2. The Hall–Kier alpha value is -0.290. The van der Waals surface area contributed by atoms with Gasteiger partial charge in [0.2, 0.25) is 0 Å². The molecule has 2 aliphatic rings. The molecule has 1 spiro atoms. The molecule has 1 aliphatic heterocycles. The Morgan fingerprint density at radius 3 is 2.20 bits per heavy atom. The number of hydrogen-bond donors (Lipinski definition) is 2. The molecule has 0 amide bonds. The van der Waals surface area contributed by atoms with Crippen molar-refractivity contribution >= 4 is 0 Å². The Kier molecular flexibility index (Phi) is 2.71. The summed E-state index contributed by atoms with van der Waals surface area (Å²) >= 11 is 0. The zero-order valence-corrected chi connectivity index (χ0v) is 8.61. The van der Waals surface area contributed by atoms with Gasteiger partial charge in [0.05, 0.1) is 5.92 Å². The number of nitrogens with two attached hydrogens (primary N) is 1. The van der Waals surface area contributed by atoms with Crippen LogP contribution < -0.4 is 11.1 Å². The lowest BCUT2D eigenvalue weighted by Gasteiger charge is -2.39. The maximum absolute atomic E-state index is 12.7. The van der Waals surface area contributed by atoms with Gasteiger partial charge >= 0.3 is 6.18 Å². The highest BCUT2D eigenvalue weighted by Gasteiger charge is 2.55. The number of alkyl halides is 3. The van der Waals surface area contributed by atoms with Gasteiger partial charge in [0.25, 0.3) is 0 Å². The van der Waals surface area contributed by atoms with Gasteiger partial charge in [-0.05, 0) is 44.2 Å². The summed E-state index contributed by atoms with van der Waals surface area (Å²) in [5.41, 5.74) is 5.58. The van der Waals surface area contributed by atoms with E-state index in [1.54, 1.807) is 0 Å². The molecule has 1 saturated carbocycles. The fourth-order valence-electron chi connectivity index (χ4n) is 3.09. The lowest BCUT2D eigenvalue weighted by molar-refractivity contribution is -0.179. The Morgan fingerprint density at radius 1 is 1.13 bits per heavy atom. The molecule has 0 radical (unpaired) electrons. The second kappa shape index (κ2) is 3.63.